The fourth-order valence-electron chi connectivity index (χ4n) is 2.37. The van der Waals surface area contributed by atoms with Gasteiger partial charge in [0.1, 0.15) is 5.67 Å². The summed E-state index contributed by atoms with van der Waals surface area (Å²) < 4.78 is 52.5. The molecule has 0 spiro atoms. The topological polar surface area (TPSA) is 12.0 Å². The normalized spacial score (nSPS) is 28.6. The van der Waals surface area contributed by atoms with Crippen molar-refractivity contribution in [2.24, 2.45) is 5.92 Å². The number of hydrogen-bond donors (Lipinski definition) is 1. The molecule has 18 heavy (non-hydrogen) atoms. The van der Waals surface area contributed by atoms with Crippen molar-refractivity contribution >= 4 is 0 Å². The van der Waals surface area contributed by atoms with Crippen LogP contribution in [-0.4, -0.2) is 18.8 Å². The van der Waals surface area contributed by atoms with Gasteiger partial charge in [-0.25, -0.2) is 4.39 Å². The molecule has 0 saturated carbocycles. The van der Waals surface area contributed by atoms with E-state index >= 15 is 0 Å². The van der Waals surface area contributed by atoms with Crippen LogP contribution in [0.1, 0.15) is 18.1 Å². The summed E-state index contributed by atoms with van der Waals surface area (Å²) in [6.07, 6.45) is -4.27. The zero-order valence-electron chi connectivity index (χ0n) is 10.0. The summed E-state index contributed by atoms with van der Waals surface area (Å²) in [6.45, 7) is 2.05. The minimum atomic E-state index is -4.38. The third kappa shape index (κ3) is 2.66. The number of rotatable bonds is 2. The summed E-state index contributed by atoms with van der Waals surface area (Å²) in [5.74, 6) is -0.416. The third-order valence-electron chi connectivity index (χ3n) is 3.50. The van der Waals surface area contributed by atoms with Gasteiger partial charge in [-0.05, 0) is 25.0 Å². The summed E-state index contributed by atoms with van der Waals surface area (Å²) >= 11 is 0. The van der Waals surface area contributed by atoms with Gasteiger partial charge in [0.25, 0.3) is 0 Å². The minimum Gasteiger partial charge on any atom is -0.313 e. The van der Waals surface area contributed by atoms with E-state index in [1.807, 2.05) is 0 Å². The molecule has 0 aliphatic carbocycles. The zero-order valence-corrected chi connectivity index (χ0v) is 10.0. The first-order valence-electron chi connectivity index (χ1n) is 5.85. The molecule has 1 fully saturated rings. The summed E-state index contributed by atoms with van der Waals surface area (Å²) in [7, 11) is 0. The van der Waals surface area contributed by atoms with Gasteiger partial charge >= 0.3 is 6.18 Å². The highest BCUT2D eigenvalue weighted by atomic mass is 19.4. The summed E-state index contributed by atoms with van der Waals surface area (Å²) in [5, 5.41) is 2.88. The molecule has 0 bridgehead atoms. The number of hydrogen-bond acceptors (Lipinski definition) is 1. The fraction of sp³-hybridized carbons (Fsp3) is 0.538. The molecule has 100 valence electrons. The van der Waals surface area contributed by atoms with Crippen LogP contribution in [0.25, 0.3) is 0 Å². The molecule has 1 saturated heterocycles. The average molecular weight is 261 g/mol. The molecule has 0 aromatic heterocycles. The lowest BCUT2D eigenvalue weighted by atomic mass is 9.87. The second-order valence-corrected chi connectivity index (χ2v) is 4.96. The first kappa shape index (κ1) is 13.3. The Hall–Kier alpha value is -1.10. The van der Waals surface area contributed by atoms with Crippen molar-refractivity contribution in [1.29, 1.82) is 0 Å². The molecule has 0 radical (unpaired) electrons. The van der Waals surface area contributed by atoms with E-state index < -0.39 is 23.3 Å². The Morgan fingerprint density at radius 1 is 1.33 bits per heavy atom. The summed E-state index contributed by atoms with van der Waals surface area (Å²) in [4.78, 5) is 0. The molecule has 2 unspecified atom stereocenters. The van der Waals surface area contributed by atoms with Gasteiger partial charge in [-0.1, -0.05) is 18.2 Å². The summed E-state index contributed by atoms with van der Waals surface area (Å²) in [6, 6.07) is 5.39. The van der Waals surface area contributed by atoms with Crippen LogP contribution in [0.5, 0.6) is 0 Å². The van der Waals surface area contributed by atoms with Crippen molar-refractivity contribution in [1.82, 2.24) is 5.32 Å². The zero-order chi connectivity index (χ0) is 13.4. The number of alkyl halides is 4. The van der Waals surface area contributed by atoms with Crippen molar-refractivity contribution in [3.8, 4) is 0 Å². The highest BCUT2D eigenvalue weighted by molar-refractivity contribution is 5.30. The molecule has 2 atom stereocenters. The Morgan fingerprint density at radius 2 is 2.00 bits per heavy atom. The molecular formula is C13H15F4N. The minimum absolute atomic E-state index is 0.107. The molecular weight excluding hydrogens is 246 g/mol. The fourth-order valence-corrected chi connectivity index (χ4v) is 2.37. The first-order chi connectivity index (χ1) is 8.31. The second kappa shape index (κ2) is 4.53. The molecule has 2 rings (SSSR count). The first-order valence-corrected chi connectivity index (χ1v) is 5.85. The predicted molar refractivity (Wildman–Crippen MR) is 61.0 cm³/mol. The van der Waals surface area contributed by atoms with Gasteiger partial charge in [0.2, 0.25) is 0 Å². The molecule has 1 N–H and O–H groups in total. The smallest absolute Gasteiger partial charge is 0.313 e. The highest BCUT2D eigenvalue weighted by Gasteiger charge is 2.40. The van der Waals surface area contributed by atoms with E-state index in [-0.39, 0.29) is 18.5 Å². The lowest BCUT2D eigenvalue weighted by molar-refractivity contribution is -0.138. The molecule has 1 aliphatic heterocycles. The van der Waals surface area contributed by atoms with Crippen molar-refractivity contribution in [2.75, 3.05) is 13.1 Å². The van der Waals surface area contributed by atoms with Crippen molar-refractivity contribution < 1.29 is 17.6 Å². The lowest BCUT2D eigenvalue weighted by Gasteiger charge is -2.23. The molecule has 5 heteroatoms. The van der Waals surface area contributed by atoms with E-state index in [9.17, 15) is 17.6 Å². The number of halogens is 4. The van der Waals surface area contributed by atoms with E-state index in [0.29, 0.717) is 6.54 Å². The van der Waals surface area contributed by atoms with E-state index in [1.54, 1.807) is 6.07 Å². The lowest BCUT2D eigenvalue weighted by Crippen LogP contribution is -2.30. The maximum atomic E-state index is 14.0. The Labute approximate surface area is 103 Å². The van der Waals surface area contributed by atoms with Crippen molar-refractivity contribution in [2.45, 2.75) is 25.2 Å². The standard InChI is InChI=1S/C13H15F4N/c1-12(14)8-18-7-10(12)6-9-4-2-3-5-11(9)13(15,16)17/h2-5,10,18H,6-8H2,1H3. The molecule has 1 aromatic carbocycles. The average Bonchev–Trinajstić information content (AvgIpc) is 2.58. The molecule has 1 aromatic rings. The monoisotopic (exact) mass is 261 g/mol. The van der Waals surface area contributed by atoms with E-state index in [2.05, 4.69) is 5.32 Å². The predicted octanol–water partition coefficient (Wildman–Crippen LogP) is 3.20. The van der Waals surface area contributed by atoms with Crippen LogP contribution in [0.4, 0.5) is 17.6 Å². The Morgan fingerprint density at radius 3 is 2.56 bits per heavy atom. The number of nitrogens with one attached hydrogen (secondary N) is 1. The van der Waals surface area contributed by atoms with Crippen LogP contribution in [0.3, 0.4) is 0 Å². The van der Waals surface area contributed by atoms with Gasteiger partial charge in [-0.15, -0.1) is 0 Å². The molecule has 1 nitrogen and oxygen atoms in total. The molecule has 0 amide bonds. The third-order valence-corrected chi connectivity index (χ3v) is 3.50. The van der Waals surface area contributed by atoms with Crippen LogP contribution in [-0.2, 0) is 12.6 Å². The maximum absolute atomic E-state index is 14.0. The summed E-state index contributed by atoms with van der Waals surface area (Å²) in [5.41, 5.74) is -1.94. The Balaban J connectivity index is 2.25. The van der Waals surface area contributed by atoms with Crippen LogP contribution in [0, 0.1) is 5.92 Å². The van der Waals surface area contributed by atoms with E-state index in [0.717, 1.165) is 6.07 Å². The Bertz CT molecular complexity index is 425. The Kier molecular flexibility index (Phi) is 3.36. The van der Waals surface area contributed by atoms with Gasteiger partial charge in [-0.3, -0.25) is 0 Å². The van der Waals surface area contributed by atoms with E-state index in [1.165, 1.54) is 19.1 Å². The largest absolute Gasteiger partial charge is 0.416 e. The SMILES string of the molecule is CC1(F)CNCC1Cc1ccccc1C(F)(F)F. The van der Waals surface area contributed by atoms with Crippen LogP contribution in [0.2, 0.25) is 0 Å². The van der Waals surface area contributed by atoms with Gasteiger partial charge in [0.15, 0.2) is 0 Å². The van der Waals surface area contributed by atoms with Crippen LogP contribution >= 0.6 is 0 Å². The quantitative estimate of drug-likeness (QED) is 0.806. The molecule has 1 aliphatic rings. The van der Waals surface area contributed by atoms with E-state index in [4.69, 9.17) is 0 Å². The van der Waals surface area contributed by atoms with Crippen LogP contribution in [0.15, 0.2) is 24.3 Å². The maximum Gasteiger partial charge on any atom is 0.416 e. The van der Waals surface area contributed by atoms with Gasteiger partial charge in [-0.2, -0.15) is 13.2 Å². The van der Waals surface area contributed by atoms with Crippen molar-refractivity contribution in [3.05, 3.63) is 35.4 Å². The van der Waals surface area contributed by atoms with Gasteiger partial charge in [0, 0.05) is 19.0 Å². The highest BCUT2D eigenvalue weighted by Crippen LogP contribution is 2.35. The van der Waals surface area contributed by atoms with Gasteiger partial charge in [0.05, 0.1) is 5.56 Å². The van der Waals surface area contributed by atoms with Crippen LogP contribution < -0.4 is 5.32 Å². The number of benzene rings is 1. The van der Waals surface area contributed by atoms with Gasteiger partial charge < -0.3 is 5.32 Å². The molecule has 1 heterocycles. The van der Waals surface area contributed by atoms with Crippen molar-refractivity contribution in [3.63, 3.8) is 0 Å². The second-order valence-electron chi connectivity index (χ2n) is 4.96.